The van der Waals surface area contributed by atoms with Crippen molar-refractivity contribution in [2.24, 2.45) is 0 Å². The minimum absolute atomic E-state index is 0.00185. The predicted octanol–water partition coefficient (Wildman–Crippen LogP) is 2.75. The molecule has 96 valence electrons. The van der Waals surface area contributed by atoms with Crippen LogP contribution in [0, 0.1) is 10.1 Å². The van der Waals surface area contributed by atoms with Gasteiger partial charge < -0.3 is 4.74 Å². The number of aromatic nitrogens is 2. The molecule has 8 heteroatoms. The molecule has 19 heavy (non-hydrogen) atoms. The second-order valence-electron chi connectivity index (χ2n) is 3.42. The highest BCUT2D eigenvalue weighted by molar-refractivity contribution is 9.10. The average molecular weight is 324 g/mol. The Morgan fingerprint density at radius 2 is 1.95 bits per heavy atom. The van der Waals surface area contributed by atoms with Gasteiger partial charge >= 0.3 is 6.01 Å². The average Bonchev–Trinajstić information content (AvgIpc) is 2.39. The van der Waals surface area contributed by atoms with Crippen LogP contribution in [-0.2, 0) is 0 Å². The lowest BCUT2D eigenvalue weighted by Gasteiger charge is -2.04. The summed E-state index contributed by atoms with van der Waals surface area (Å²) in [6.07, 6.45) is 3.19. The van der Waals surface area contributed by atoms with Crippen molar-refractivity contribution in [2.75, 3.05) is 0 Å². The van der Waals surface area contributed by atoms with Gasteiger partial charge in [0.25, 0.3) is 5.69 Å². The minimum Gasteiger partial charge on any atom is -0.424 e. The molecular formula is C11H6BrN3O4. The molecule has 1 aromatic heterocycles. The van der Waals surface area contributed by atoms with Crippen molar-refractivity contribution < 1.29 is 14.5 Å². The summed E-state index contributed by atoms with van der Waals surface area (Å²) in [5.41, 5.74) is 0.196. The molecule has 0 amide bonds. The number of ether oxygens (including phenoxy) is 1. The number of benzene rings is 1. The molecule has 1 aromatic carbocycles. The molecule has 0 aliphatic heterocycles. The van der Waals surface area contributed by atoms with Crippen LogP contribution in [0.4, 0.5) is 5.69 Å². The van der Waals surface area contributed by atoms with Crippen molar-refractivity contribution in [1.82, 2.24) is 9.97 Å². The lowest BCUT2D eigenvalue weighted by Crippen LogP contribution is -1.94. The number of nitrogens with zero attached hydrogens (tertiary/aromatic N) is 3. The zero-order valence-corrected chi connectivity index (χ0v) is 10.9. The van der Waals surface area contributed by atoms with Gasteiger partial charge in [-0.1, -0.05) is 15.9 Å². The molecule has 0 radical (unpaired) electrons. The lowest BCUT2D eigenvalue weighted by atomic mass is 10.3. The van der Waals surface area contributed by atoms with E-state index in [1.54, 1.807) is 6.07 Å². The summed E-state index contributed by atoms with van der Waals surface area (Å²) >= 11 is 3.15. The summed E-state index contributed by atoms with van der Waals surface area (Å²) < 4.78 is 5.78. The molecule has 0 bridgehead atoms. The summed E-state index contributed by atoms with van der Waals surface area (Å²) in [5, 5.41) is 10.7. The molecule has 1 heterocycles. The second-order valence-corrected chi connectivity index (χ2v) is 4.34. The van der Waals surface area contributed by atoms with Gasteiger partial charge in [-0.05, 0) is 6.07 Å². The largest absolute Gasteiger partial charge is 0.424 e. The Hall–Kier alpha value is -2.35. The SMILES string of the molecule is O=Cc1cnc(Oc2cc(Br)cc([N+](=O)[O-])c2)nc1. The molecule has 0 fully saturated rings. The normalized spacial score (nSPS) is 9.95. The summed E-state index contributed by atoms with van der Waals surface area (Å²) in [4.78, 5) is 28.2. The third-order valence-corrected chi connectivity index (χ3v) is 2.52. The number of aldehydes is 1. The first-order chi connectivity index (χ1) is 9.08. The molecule has 0 aliphatic carbocycles. The first-order valence-electron chi connectivity index (χ1n) is 4.98. The van der Waals surface area contributed by atoms with Crippen molar-refractivity contribution in [3.63, 3.8) is 0 Å². The standard InChI is InChI=1S/C11H6BrN3O4/c12-8-1-9(15(17)18)3-10(2-8)19-11-13-4-7(6-16)5-14-11/h1-6H. The van der Waals surface area contributed by atoms with Crippen molar-refractivity contribution in [3.05, 3.63) is 50.7 Å². The predicted molar refractivity (Wildman–Crippen MR) is 68.3 cm³/mol. The molecule has 0 atom stereocenters. The van der Waals surface area contributed by atoms with Gasteiger partial charge in [0.05, 0.1) is 16.6 Å². The highest BCUT2D eigenvalue weighted by Gasteiger charge is 2.11. The van der Waals surface area contributed by atoms with Gasteiger partial charge in [-0.2, -0.15) is 0 Å². The van der Waals surface area contributed by atoms with Crippen LogP contribution in [-0.4, -0.2) is 21.2 Å². The molecule has 7 nitrogen and oxygen atoms in total. The fourth-order valence-electron chi connectivity index (χ4n) is 1.26. The van der Waals surface area contributed by atoms with Gasteiger partial charge in [-0.15, -0.1) is 0 Å². The number of rotatable bonds is 4. The molecule has 0 unspecified atom stereocenters. The van der Waals surface area contributed by atoms with Crippen molar-refractivity contribution in [1.29, 1.82) is 0 Å². The van der Waals surface area contributed by atoms with E-state index in [9.17, 15) is 14.9 Å². The number of hydrogen-bond acceptors (Lipinski definition) is 6. The van der Waals surface area contributed by atoms with E-state index in [1.165, 1.54) is 24.5 Å². The van der Waals surface area contributed by atoms with Crippen LogP contribution in [0.2, 0.25) is 0 Å². The summed E-state index contributed by atoms with van der Waals surface area (Å²) in [6, 6.07) is 4.15. The monoisotopic (exact) mass is 323 g/mol. The van der Waals surface area contributed by atoms with E-state index in [1.807, 2.05) is 0 Å². The van der Waals surface area contributed by atoms with Crippen molar-refractivity contribution >= 4 is 27.9 Å². The van der Waals surface area contributed by atoms with E-state index in [0.717, 1.165) is 0 Å². The van der Waals surface area contributed by atoms with Crippen LogP contribution in [0.5, 0.6) is 11.8 Å². The van der Waals surface area contributed by atoms with E-state index in [4.69, 9.17) is 4.74 Å². The molecule has 0 saturated heterocycles. The van der Waals surface area contributed by atoms with E-state index in [0.29, 0.717) is 16.3 Å². The number of nitro benzene ring substituents is 1. The molecule has 2 aromatic rings. The van der Waals surface area contributed by atoms with Crippen molar-refractivity contribution in [2.45, 2.75) is 0 Å². The number of carbonyl (C=O) groups is 1. The Morgan fingerprint density at radius 1 is 1.26 bits per heavy atom. The van der Waals surface area contributed by atoms with Gasteiger partial charge in [0.2, 0.25) is 0 Å². The Kier molecular flexibility index (Phi) is 3.81. The summed E-state index contributed by atoms with van der Waals surface area (Å²) in [7, 11) is 0. The maximum absolute atomic E-state index is 10.7. The first kappa shape index (κ1) is 13.1. The fourth-order valence-corrected chi connectivity index (χ4v) is 1.72. The van der Waals surface area contributed by atoms with Gasteiger partial charge in [0.15, 0.2) is 6.29 Å². The van der Waals surface area contributed by atoms with Crippen LogP contribution in [0.25, 0.3) is 0 Å². The van der Waals surface area contributed by atoms with Crippen LogP contribution in [0.15, 0.2) is 35.1 Å². The minimum atomic E-state index is -0.534. The van der Waals surface area contributed by atoms with E-state index in [2.05, 4.69) is 25.9 Å². The number of carbonyl (C=O) groups excluding carboxylic acids is 1. The third-order valence-electron chi connectivity index (χ3n) is 2.06. The smallest absolute Gasteiger partial charge is 0.321 e. The third kappa shape index (κ3) is 3.32. The van der Waals surface area contributed by atoms with Gasteiger partial charge in [0.1, 0.15) is 5.75 Å². The van der Waals surface area contributed by atoms with Crippen LogP contribution >= 0.6 is 15.9 Å². The quantitative estimate of drug-likeness (QED) is 0.487. The van der Waals surface area contributed by atoms with Crippen LogP contribution < -0.4 is 4.74 Å². The molecule has 0 N–H and O–H groups in total. The Bertz CT molecular complexity index is 630. The Morgan fingerprint density at radius 3 is 2.53 bits per heavy atom. The highest BCUT2D eigenvalue weighted by Crippen LogP contribution is 2.28. The number of hydrogen-bond donors (Lipinski definition) is 0. The maximum atomic E-state index is 10.7. The van der Waals surface area contributed by atoms with Gasteiger partial charge in [-0.3, -0.25) is 14.9 Å². The number of halogens is 1. The lowest BCUT2D eigenvalue weighted by molar-refractivity contribution is -0.385. The zero-order chi connectivity index (χ0) is 13.8. The topological polar surface area (TPSA) is 95.2 Å². The molecule has 0 saturated carbocycles. The van der Waals surface area contributed by atoms with Gasteiger partial charge in [0, 0.05) is 22.9 Å². The van der Waals surface area contributed by atoms with Crippen LogP contribution in [0.3, 0.4) is 0 Å². The molecule has 0 spiro atoms. The Balaban J connectivity index is 2.26. The second kappa shape index (κ2) is 5.53. The van der Waals surface area contributed by atoms with Crippen LogP contribution in [0.1, 0.15) is 10.4 Å². The van der Waals surface area contributed by atoms with E-state index < -0.39 is 4.92 Å². The summed E-state index contributed by atoms with van der Waals surface area (Å²) in [6.45, 7) is 0. The molecular weight excluding hydrogens is 318 g/mol. The molecule has 0 aliphatic rings. The first-order valence-corrected chi connectivity index (χ1v) is 5.78. The zero-order valence-electron chi connectivity index (χ0n) is 9.32. The Labute approximate surface area is 115 Å². The number of nitro groups is 1. The molecule has 2 rings (SSSR count). The maximum Gasteiger partial charge on any atom is 0.321 e. The number of non-ortho nitro benzene ring substituents is 1. The van der Waals surface area contributed by atoms with Gasteiger partial charge in [-0.25, -0.2) is 9.97 Å². The fraction of sp³-hybridized carbons (Fsp3) is 0. The van der Waals surface area contributed by atoms with E-state index >= 15 is 0 Å². The van der Waals surface area contributed by atoms with E-state index in [-0.39, 0.29) is 17.4 Å². The van der Waals surface area contributed by atoms with Crippen molar-refractivity contribution in [3.8, 4) is 11.8 Å². The summed E-state index contributed by atoms with van der Waals surface area (Å²) in [5.74, 6) is 0.222. The highest BCUT2D eigenvalue weighted by atomic mass is 79.9.